The molecule has 0 radical (unpaired) electrons. The molecule has 0 aromatic carbocycles. The number of hydrogen-bond donors (Lipinski definition) is 2. The zero-order chi connectivity index (χ0) is 10.7. The second kappa shape index (κ2) is 4.04. The van der Waals surface area contributed by atoms with Gasteiger partial charge in [0.1, 0.15) is 11.3 Å². The van der Waals surface area contributed by atoms with Gasteiger partial charge < -0.3 is 20.2 Å². The fraction of sp³-hybridized carbons (Fsp3) is 0.500. The summed E-state index contributed by atoms with van der Waals surface area (Å²) in [5.74, 6) is 0.530. The van der Waals surface area contributed by atoms with E-state index >= 15 is 0 Å². The van der Waals surface area contributed by atoms with Crippen molar-refractivity contribution in [2.75, 3.05) is 13.2 Å². The van der Waals surface area contributed by atoms with E-state index in [0.717, 1.165) is 0 Å². The first-order valence-corrected chi connectivity index (χ1v) is 4.88. The predicted octanol–water partition coefficient (Wildman–Crippen LogP) is 0.0136. The Kier molecular flexibility index (Phi) is 2.75. The molecule has 82 valence electrons. The maximum absolute atomic E-state index is 11.7. The number of furan rings is 1. The Morgan fingerprint density at radius 2 is 2.53 bits per heavy atom. The van der Waals surface area contributed by atoms with Crippen LogP contribution in [0.5, 0.6) is 0 Å². The summed E-state index contributed by atoms with van der Waals surface area (Å²) in [5.41, 5.74) is 5.01. The standard InChI is InChI=1S/C10H14N2O3/c11-10(3-5-14-7-10)9(13)12-6-8-2-1-4-15-8/h1-2,4H,3,5-7,11H2,(H,12,13). The van der Waals surface area contributed by atoms with E-state index in [4.69, 9.17) is 14.9 Å². The van der Waals surface area contributed by atoms with Gasteiger partial charge in [-0.15, -0.1) is 0 Å². The lowest BCUT2D eigenvalue weighted by atomic mass is 9.99. The van der Waals surface area contributed by atoms with Gasteiger partial charge in [0.05, 0.1) is 19.4 Å². The molecule has 1 atom stereocenters. The van der Waals surface area contributed by atoms with Crippen LogP contribution >= 0.6 is 0 Å². The largest absolute Gasteiger partial charge is 0.467 e. The van der Waals surface area contributed by atoms with Crippen molar-refractivity contribution in [1.29, 1.82) is 0 Å². The zero-order valence-corrected chi connectivity index (χ0v) is 8.36. The maximum Gasteiger partial charge on any atom is 0.242 e. The van der Waals surface area contributed by atoms with Gasteiger partial charge in [-0.05, 0) is 18.6 Å². The smallest absolute Gasteiger partial charge is 0.242 e. The van der Waals surface area contributed by atoms with Crippen LogP contribution in [0, 0.1) is 0 Å². The Bertz CT molecular complexity index is 328. The van der Waals surface area contributed by atoms with E-state index in [1.807, 2.05) is 0 Å². The molecule has 1 aromatic rings. The Labute approximate surface area is 87.6 Å². The molecule has 5 nitrogen and oxygen atoms in total. The van der Waals surface area contributed by atoms with Gasteiger partial charge in [0, 0.05) is 6.61 Å². The van der Waals surface area contributed by atoms with Gasteiger partial charge >= 0.3 is 0 Å². The number of nitrogens with two attached hydrogens (primary N) is 1. The van der Waals surface area contributed by atoms with E-state index < -0.39 is 5.54 Å². The molecule has 0 bridgehead atoms. The molecule has 0 spiro atoms. The van der Waals surface area contributed by atoms with E-state index in [1.165, 1.54) is 0 Å². The van der Waals surface area contributed by atoms with Crippen molar-refractivity contribution in [3.05, 3.63) is 24.2 Å². The number of ether oxygens (including phenoxy) is 1. The molecule has 0 saturated carbocycles. The summed E-state index contributed by atoms with van der Waals surface area (Å²) in [4.78, 5) is 11.7. The van der Waals surface area contributed by atoms with Crippen LogP contribution in [0.1, 0.15) is 12.2 Å². The Balaban J connectivity index is 1.87. The van der Waals surface area contributed by atoms with Gasteiger partial charge in [-0.1, -0.05) is 0 Å². The Hall–Kier alpha value is -1.33. The normalized spacial score (nSPS) is 25.4. The summed E-state index contributed by atoms with van der Waals surface area (Å²) in [6.45, 7) is 1.20. The van der Waals surface area contributed by atoms with Gasteiger partial charge in [-0.2, -0.15) is 0 Å². The third kappa shape index (κ3) is 2.19. The van der Waals surface area contributed by atoms with Crippen LogP contribution in [0.4, 0.5) is 0 Å². The highest BCUT2D eigenvalue weighted by Gasteiger charge is 2.37. The predicted molar refractivity (Wildman–Crippen MR) is 52.9 cm³/mol. The molecule has 1 saturated heterocycles. The third-order valence-corrected chi connectivity index (χ3v) is 2.51. The van der Waals surface area contributed by atoms with Gasteiger partial charge in [0.2, 0.25) is 5.91 Å². The Morgan fingerprint density at radius 3 is 3.13 bits per heavy atom. The van der Waals surface area contributed by atoms with Crippen LogP contribution < -0.4 is 11.1 Å². The summed E-state index contributed by atoms with van der Waals surface area (Å²) >= 11 is 0. The van der Waals surface area contributed by atoms with E-state index in [9.17, 15) is 4.79 Å². The molecule has 1 amide bonds. The van der Waals surface area contributed by atoms with Crippen molar-refractivity contribution in [2.45, 2.75) is 18.5 Å². The number of nitrogens with one attached hydrogen (secondary N) is 1. The number of amides is 1. The summed E-state index contributed by atoms with van der Waals surface area (Å²) in [5, 5.41) is 2.73. The van der Waals surface area contributed by atoms with Crippen LogP contribution in [-0.2, 0) is 16.1 Å². The van der Waals surface area contributed by atoms with Crippen LogP contribution in [0.3, 0.4) is 0 Å². The maximum atomic E-state index is 11.7. The fourth-order valence-corrected chi connectivity index (χ4v) is 1.52. The molecule has 2 rings (SSSR count). The highest BCUT2D eigenvalue weighted by molar-refractivity contribution is 5.86. The molecule has 1 aliphatic rings. The number of carbonyl (C=O) groups excluding carboxylic acids is 1. The fourth-order valence-electron chi connectivity index (χ4n) is 1.52. The molecule has 1 aromatic heterocycles. The monoisotopic (exact) mass is 210 g/mol. The number of carbonyl (C=O) groups is 1. The quantitative estimate of drug-likeness (QED) is 0.737. The van der Waals surface area contributed by atoms with Gasteiger partial charge in [0.25, 0.3) is 0 Å². The van der Waals surface area contributed by atoms with Crippen molar-refractivity contribution in [2.24, 2.45) is 5.73 Å². The summed E-state index contributed by atoms with van der Waals surface area (Å²) in [7, 11) is 0. The van der Waals surface area contributed by atoms with Gasteiger partial charge in [0.15, 0.2) is 0 Å². The van der Waals surface area contributed by atoms with Crippen molar-refractivity contribution < 1.29 is 13.9 Å². The van der Waals surface area contributed by atoms with Crippen LogP contribution in [-0.4, -0.2) is 24.7 Å². The first-order chi connectivity index (χ1) is 7.21. The molecule has 1 aliphatic heterocycles. The van der Waals surface area contributed by atoms with Crippen molar-refractivity contribution >= 4 is 5.91 Å². The van der Waals surface area contributed by atoms with E-state index in [0.29, 0.717) is 25.3 Å². The van der Waals surface area contributed by atoms with E-state index in [2.05, 4.69) is 5.32 Å². The summed E-state index contributed by atoms with van der Waals surface area (Å²) in [6, 6.07) is 3.58. The van der Waals surface area contributed by atoms with Gasteiger partial charge in [-0.25, -0.2) is 0 Å². The Morgan fingerprint density at radius 1 is 1.67 bits per heavy atom. The molecule has 2 heterocycles. The summed E-state index contributed by atoms with van der Waals surface area (Å²) < 4.78 is 10.2. The van der Waals surface area contributed by atoms with E-state index in [-0.39, 0.29) is 12.5 Å². The first kappa shape index (κ1) is 10.2. The van der Waals surface area contributed by atoms with Gasteiger partial charge in [-0.3, -0.25) is 4.79 Å². The second-order valence-electron chi connectivity index (χ2n) is 3.72. The average molecular weight is 210 g/mol. The minimum atomic E-state index is -0.868. The van der Waals surface area contributed by atoms with Crippen LogP contribution in [0.15, 0.2) is 22.8 Å². The second-order valence-corrected chi connectivity index (χ2v) is 3.72. The first-order valence-electron chi connectivity index (χ1n) is 4.88. The minimum absolute atomic E-state index is 0.184. The van der Waals surface area contributed by atoms with Crippen LogP contribution in [0.2, 0.25) is 0 Å². The van der Waals surface area contributed by atoms with Crippen molar-refractivity contribution in [3.8, 4) is 0 Å². The van der Waals surface area contributed by atoms with Crippen molar-refractivity contribution in [1.82, 2.24) is 5.32 Å². The highest BCUT2D eigenvalue weighted by Crippen LogP contribution is 2.15. The molecule has 15 heavy (non-hydrogen) atoms. The highest BCUT2D eigenvalue weighted by atomic mass is 16.5. The average Bonchev–Trinajstić information content (AvgIpc) is 2.85. The molecule has 1 fully saturated rings. The molecule has 1 unspecified atom stereocenters. The lowest BCUT2D eigenvalue weighted by Crippen LogP contribution is -2.54. The van der Waals surface area contributed by atoms with Crippen LogP contribution in [0.25, 0.3) is 0 Å². The molecule has 5 heteroatoms. The van der Waals surface area contributed by atoms with E-state index in [1.54, 1.807) is 18.4 Å². The lowest BCUT2D eigenvalue weighted by Gasteiger charge is -2.19. The topological polar surface area (TPSA) is 77.5 Å². The molecule has 3 N–H and O–H groups in total. The minimum Gasteiger partial charge on any atom is -0.467 e. The summed E-state index contributed by atoms with van der Waals surface area (Å²) in [6.07, 6.45) is 2.13. The zero-order valence-electron chi connectivity index (χ0n) is 8.36. The molecule has 0 aliphatic carbocycles. The number of rotatable bonds is 3. The molecular weight excluding hydrogens is 196 g/mol. The number of hydrogen-bond acceptors (Lipinski definition) is 4. The van der Waals surface area contributed by atoms with Crippen molar-refractivity contribution in [3.63, 3.8) is 0 Å². The SMILES string of the molecule is NC1(C(=O)NCc2ccco2)CCOC1. The third-order valence-electron chi connectivity index (χ3n) is 2.51. The lowest BCUT2D eigenvalue weighted by molar-refractivity contribution is -0.126. The molecular formula is C10H14N2O3.